The van der Waals surface area contributed by atoms with Crippen LogP contribution < -0.4 is 5.32 Å². The van der Waals surface area contributed by atoms with Crippen LogP contribution in [0.5, 0.6) is 0 Å². The van der Waals surface area contributed by atoms with Crippen molar-refractivity contribution in [1.82, 2.24) is 5.32 Å². The molecule has 0 bridgehead atoms. The fourth-order valence-electron chi connectivity index (χ4n) is 0.647. The Kier molecular flexibility index (Phi) is 4.52. The molecule has 0 heterocycles. The van der Waals surface area contributed by atoms with Gasteiger partial charge in [-0.25, -0.2) is 0 Å². The number of hydrogen-bond donors (Lipinski definition) is 4. The number of carboxylic acids is 1. The zero-order valence-electron chi connectivity index (χ0n) is 8.15. The zero-order valence-corrected chi connectivity index (χ0v) is 8.15. The van der Waals surface area contributed by atoms with E-state index in [2.05, 4.69) is 5.32 Å². The minimum Gasteiger partial charge on any atom is -0.481 e. The molecule has 0 spiro atoms. The lowest BCUT2D eigenvalue weighted by Gasteiger charge is -2.26. The second-order valence-corrected chi connectivity index (χ2v) is 3.43. The van der Waals surface area contributed by atoms with Crippen molar-refractivity contribution in [3.63, 3.8) is 0 Å². The van der Waals surface area contributed by atoms with Crippen molar-refractivity contribution in [3.05, 3.63) is 0 Å². The molecule has 0 aromatic carbocycles. The van der Waals surface area contributed by atoms with Crippen molar-refractivity contribution < 1.29 is 24.9 Å². The largest absolute Gasteiger partial charge is 0.481 e. The fraction of sp³-hybridized carbons (Fsp3) is 0.750. The lowest BCUT2D eigenvalue weighted by atomic mass is 10.0. The number of amides is 1. The summed E-state index contributed by atoms with van der Waals surface area (Å²) in [6.07, 6.45) is 0. The van der Waals surface area contributed by atoms with Gasteiger partial charge in [0.1, 0.15) is 5.92 Å². The SMILES string of the molecule is CC(C(=O)O)C(=O)NC(C)(CO)CO. The van der Waals surface area contributed by atoms with Gasteiger partial charge in [0.2, 0.25) is 5.91 Å². The van der Waals surface area contributed by atoms with Crippen LogP contribution >= 0.6 is 0 Å². The molecule has 82 valence electrons. The quantitative estimate of drug-likeness (QED) is 0.411. The van der Waals surface area contributed by atoms with E-state index < -0.39 is 36.5 Å². The molecule has 0 aliphatic heterocycles. The molecule has 1 unspecified atom stereocenters. The topological polar surface area (TPSA) is 107 Å². The van der Waals surface area contributed by atoms with Crippen molar-refractivity contribution in [1.29, 1.82) is 0 Å². The normalized spacial score (nSPS) is 13.4. The average molecular weight is 205 g/mol. The van der Waals surface area contributed by atoms with Gasteiger partial charge in [-0.1, -0.05) is 0 Å². The Morgan fingerprint density at radius 3 is 2.07 bits per heavy atom. The lowest BCUT2D eigenvalue weighted by Crippen LogP contribution is -2.54. The Morgan fingerprint density at radius 1 is 1.36 bits per heavy atom. The molecule has 6 heteroatoms. The van der Waals surface area contributed by atoms with Crippen molar-refractivity contribution >= 4 is 11.9 Å². The number of carbonyl (C=O) groups excluding carboxylic acids is 1. The number of aliphatic hydroxyl groups is 2. The van der Waals surface area contributed by atoms with Gasteiger partial charge in [-0.05, 0) is 13.8 Å². The van der Waals surface area contributed by atoms with Gasteiger partial charge in [0.25, 0.3) is 0 Å². The van der Waals surface area contributed by atoms with E-state index >= 15 is 0 Å². The standard InChI is InChI=1S/C8H15NO5/c1-5(7(13)14)6(12)9-8(2,3-10)4-11/h5,10-11H,3-4H2,1-2H3,(H,9,12)(H,13,14). The predicted molar refractivity (Wildman–Crippen MR) is 47.5 cm³/mol. The van der Waals surface area contributed by atoms with Gasteiger partial charge in [0, 0.05) is 0 Å². The molecule has 0 aliphatic carbocycles. The highest BCUT2D eigenvalue weighted by Gasteiger charge is 2.29. The highest BCUT2D eigenvalue weighted by atomic mass is 16.4. The van der Waals surface area contributed by atoms with E-state index in [0.717, 1.165) is 0 Å². The second-order valence-electron chi connectivity index (χ2n) is 3.43. The summed E-state index contributed by atoms with van der Waals surface area (Å²) in [5.74, 6) is -3.18. The number of hydrogen-bond acceptors (Lipinski definition) is 4. The number of carboxylic acid groups (broad SMARTS) is 1. The third kappa shape index (κ3) is 3.31. The molecule has 6 nitrogen and oxygen atoms in total. The van der Waals surface area contributed by atoms with Crippen molar-refractivity contribution in [2.45, 2.75) is 19.4 Å². The van der Waals surface area contributed by atoms with Crippen molar-refractivity contribution in [3.8, 4) is 0 Å². The third-order valence-corrected chi connectivity index (χ3v) is 1.89. The zero-order chi connectivity index (χ0) is 11.4. The van der Waals surface area contributed by atoms with Gasteiger partial charge in [0.15, 0.2) is 0 Å². The van der Waals surface area contributed by atoms with Gasteiger partial charge in [-0.15, -0.1) is 0 Å². The summed E-state index contributed by atoms with van der Waals surface area (Å²) in [5, 5.41) is 28.4. The second kappa shape index (κ2) is 4.92. The fourth-order valence-corrected chi connectivity index (χ4v) is 0.647. The molecule has 0 aromatic heterocycles. The molecule has 14 heavy (non-hydrogen) atoms. The van der Waals surface area contributed by atoms with Gasteiger partial charge in [-0.2, -0.15) is 0 Å². The van der Waals surface area contributed by atoms with E-state index in [9.17, 15) is 9.59 Å². The van der Waals surface area contributed by atoms with Crippen LogP contribution in [0.25, 0.3) is 0 Å². The predicted octanol–water partition coefficient (Wildman–Crippen LogP) is -1.43. The lowest BCUT2D eigenvalue weighted by molar-refractivity contribution is -0.147. The number of rotatable bonds is 5. The summed E-state index contributed by atoms with van der Waals surface area (Å²) in [5.41, 5.74) is -1.18. The van der Waals surface area contributed by atoms with Gasteiger partial charge in [-0.3, -0.25) is 9.59 Å². The molecule has 0 fully saturated rings. The molecular formula is C8H15NO5. The van der Waals surface area contributed by atoms with E-state index in [1.54, 1.807) is 0 Å². The van der Waals surface area contributed by atoms with Gasteiger partial charge < -0.3 is 20.6 Å². The number of carbonyl (C=O) groups is 2. The average Bonchev–Trinajstić information content (AvgIpc) is 2.16. The first kappa shape index (κ1) is 12.9. The molecule has 0 aromatic rings. The summed E-state index contributed by atoms with van der Waals surface area (Å²) >= 11 is 0. The first-order valence-corrected chi connectivity index (χ1v) is 4.13. The molecule has 0 saturated carbocycles. The Bertz CT molecular complexity index is 224. The molecule has 0 saturated heterocycles. The monoisotopic (exact) mass is 205 g/mol. The molecule has 1 amide bonds. The highest BCUT2D eigenvalue weighted by molar-refractivity contribution is 5.96. The number of aliphatic hydroxyl groups excluding tert-OH is 2. The molecule has 4 N–H and O–H groups in total. The summed E-state index contributed by atoms with van der Waals surface area (Å²) in [6.45, 7) is 1.73. The van der Waals surface area contributed by atoms with E-state index in [0.29, 0.717) is 0 Å². The van der Waals surface area contributed by atoms with E-state index in [-0.39, 0.29) is 0 Å². The van der Waals surface area contributed by atoms with E-state index in [4.69, 9.17) is 15.3 Å². The molecule has 0 aliphatic rings. The molecule has 0 rings (SSSR count). The summed E-state index contributed by atoms with van der Waals surface area (Å²) in [6, 6.07) is 0. The maximum Gasteiger partial charge on any atom is 0.315 e. The first-order chi connectivity index (χ1) is 6.36. The van der Waals surface area contributed by atoms with Crippen LogP contribution in [0, 0.1) is 5.92 Å². The summed E-state index contributed by atoms with van der Waals surface area (Å²) in [7, 11) is 0. The van der Waals surface area contributed by atoms with Crippen LogP contribution in [-0.2, 0) is 9.59 Å². The molecule has 1 atom stereocenters. The minimum atomic E-state index is -1.25. The number of aliphatic carboxylic acids is 1. The minimum absolute atomic E-state index is 0.457. The van der Waals surface area contributed by atoms with Crippen molar-refractivity contribution in [2.24, 2.45) is 5.92 Å². The summed E-state index contributed by atoms with van der Waals surface area (Å²) < 4.78 is 0. The Labute approximate surface area is 81.5 Å². The Morgan fingerprint density at radius 2 is 1.79 bits per heavy atom. The van der Waals surface area contributed by atoms with Crippen LogP contribution in [-0.4, -0.2) is 45.9 Å². The van der Waals surface area contributed by atoms with Gasteiger partial charge >= 0.3 is 5.97 Å². The molecule has 0 radical (unpaired) electrons. The van der Waals surface area contributed by atoms with Crippen LogP contribution in [0.1, 0.15) is 13.8 Å². The highest BCUT2D eigenvalue weighted by Crippen LogP contribution is 2.04. The Hall–Kier alpha value is -1.14. The number of nitrogens with one attached hydrogen (secondary N) is 1. The smallest absolute Gasteiger partial charge is 0.315 e. The van der Waals surface area contributed by atoms with Crippen LogP contribution in [0.15, 0.2) is 0 Å². The van der Waals surface area contributed by atoms with Crippen molar-refractivity contribution in [2.75, 3.05) is 13.2 Å². The van der Waals surface area contributed by atoms with E-state index in [1.165, 1.54) is 13.8 Å². The first-order valence-electron chi connectivity index (χ1n) is 4.13. The third-order valence-electron chi connectivity index (χ3n) is 1.89. The van der Waals surface area contributed by atoms with Crippen LogP contribution in [0.2, 0.25) is 0 Å². The van der Waals surface area contributed by atoms with Gasteiger partial charge in [0.05, 0.1) is 18.8 Å². The van der Waals surface area contributed by atoms with E-state index in [1.807, 2.05) is 0 Å². The maximum absolute atomic E-state index is 11.2. The Balaban J connectivity index is 4.37. The van der Waals surface area contributed by atoms with Crippen LogP contribution in [0.4, 0.5) is 0 Å². The summed E-state index contributed by atoms with van der Waals surface area (Å²) in [4.78, 5) is 21.6. The van der Waals surface area contributed by atoms with Crippen LogP contribution in [0.3, 0.4) is 0 Å². The molecular weight excluding hydrogens is 190 g/mol. The maximum atomic E-state index is 11.2.